The normalized spacial score (nSPS) is 10.0. The maximum absolute atomic E-state index is 12.7. The Labute approximate surface area is 182 Å². The van der Waals surface area contributed by atoms with Crippen molar-refractivity contribution in [3.63, 3.8) is 0 Å². The van der Waals surface area contributed by atoms with Crippen LogP contribution in [0.5, 0.6) is 0 Å². The second kappa shape index (κ2) is 9.23. The molecule has 2 heterocycles. The Hall–Kier alpha value is -3.66. The third-order valence-corrected chi connectivity index (χ3v) is 5.75. The summed E-state index contributed by atoms with van der Waals surface area (Å²) >= 11 is 2.95. The van der Waals surface area contributed by atoms with E-state index in [4.69, 9.17) is 0 Å². The van der Waals surface area contributed by atoms with E-state index in [0.717, 1.165) is 10.4 Å². The van der Waals surface area contributed by atoms with Crippen LogP contribution in [-0.4, -0.2) is 11.8 Å². The van der Waals surface area contributed by atoms with Gasteiger partial charge in [0.05, 0.1) is 9.75 Å². The predicted octanol–water partition coefficient (Wildman–Crippen LogP) is 5.71. The molecular formula is C24H16N2O2S2. The molecule has 0 atom stereocenters. The van der Waals surface area contributed by atoms with Crippen molar-refractivity contribution < 1.29 is 9.59 Å². The lowest BCUT2D eigenvalue weighted by Crippen LogP contribution is -2.14. The first-order chi connectivity index (χ1) is 14.7. The van der Waals surface area contributed by atoms with Crippen molar-refractivity contribution >= 4 is 45.9 Å². The standard InChI is InChI=1S/C24H16N2O2S2/c27-23(18-6-2-8-20(16-18)26-24(28)22-10-4-14-30-22)25-19-7-1-5-17(15-19)11-12-21-9-3-13-29-21/h1-10,13-16H,(H,25,27)(H,26,28). The fourth-order valence-corrected chi connectivity index (χ4v) is 3.89. The van der Waals surface area contributed by atoms with Crippen molar-refractivity contribution in [2.75, 3.05) is 10.6 Å². The molecule has 2 N–H and O–H groups in total. The SMILES string of the molecule is O=C(Nc1cccc(C#Cc2cccs2)c1)c1cccc(NC(=O)c2cccs2)c1. The van der Waals surface area contributed by atoms with Gasteiger partial charge in [0.2, 0.25) is 0 Å². The summed E-state index contributed by atoms with van der Waals surface area (Å²) in [5.74, 6) is 5.76. The predicted molar refractivity (Wildman–Crippen MR) is 123 cm³/mol. The third-order valence-electron chi connectivity index (χ3n) is 4.10. The second-order valence-corrected chi connectivity index (χ2v) is 8.17. The number of carbonyl (C=O) groups excluding carboxylic acids is 2. The summed E-state index contributed by atoms with van der Waals surface area (Å²) < 4.78 is 0. The molecule has 0 bridgehead atoms. The monoisotopic (exact) mass is 428 g/mol. The molecule has 146 valence electrons. The molecule has 2 aromatic carbocycles. The third kappa shape index (κ3) is 5.03. The molecule has 30 heavy (non-hydrogen) atoms. The smallest absolute Gasteiger partial charge is 0.265 e. The van der Waals surface area contributed by atoms with Crippen molar-refractivity contribution in [1.82, 2.24) is 0 Å². The van der Waals surface area contributed by atoms with Crippen LogP contribution in [0.4, 0.5) is 11.4 Å². The highest BCUT2D eigenvalue weighted by Crippen LogP contribution is 2.17. The van der Waals surface area contributed by atoms with Crippen LogP contribution in [0.1, 0.15) is 30.5 Å². The molecule has 0 aliphatic heterocycles. The molecular weight excluding hydrogens is 412 g/mol. The first-order valence-corrected chi connectivity index (χ1v) is 10.9. The van der Waals surface area contributed by atoms with Gasteiger partial charge in [-0.25, -0.2) is 0 Å². The molecule has 2 amide bonds. The second-order valence-electron chi connectivity index (χ2n) is 6.27. The van der Waals surface area contributed by atoms with E-state index in [1.807, 2.05) is 53.2 Å². The van der Waals surface area contributed by atoms with E-state index in [1.54, 1.807) is 41.7 Å². The molecule has 6 heteroatoms. The molecule has 0 aliphatic rings. The highest BCUT2D eigenvalue weighted by Gasteiger charge is 2.10. The van der Waals surface area contributed by atoms with Crippen molar-refractivity contribution in [3.8, 4) is 11.8 Å². The number of rotatable bonds is 4. The number of amides is 2. The van der Waals surface area contributed by atoms with E-state index in [1.165, 1.54) is 11.3 Å². The van der Waals surface area contributed by atoms with Crippen molar-refractivity contribution in [1.29, 1.82) is 0 Å². The Balaban J connectivity index is 1.45. The van der Waals surface area contributed by atoms with Gasteiger partial charge in [0.1, 0.15) is 0 Å². The topological polar surface area (TPSA) is 58.2 Å². The van der Waals surface area contributed by atoms with Crippen LogP contribution < -0.4 is 10.6 Å². The minimum absolute atomic E-state index is 0.195. The van der Waals surface area contributed by atoms with Crippen LogP contribution in [0.25, 0.3) is 0 Å². The summed E-state index contributed by atoms with van der Waals surface area (Å²) in [4.78, 5) is 26.5. The fourth-order valence-electron chi connectivity index (χ4n) is 2.70. The maximum Gasteiger partial charge on any atom is 0.265 e. The molecule has 0 radical (unpaired) electrons. The zero-order chi connectivity index (χ0) is 20.8. The summed E-state index contributed by atoms with van der Waals surface area (Å²) in [5.41, 5.74) is 2.50. The zero-order valence-corrected chi connectivity index (χ0v) is 17.3. The molecule has 0 fully saturated rings. The van der Waals surface area contributed by atoms with E-state index in [2.05, 4.69) is 22.5 Å². The summed E-state index contributed by atoms with van der Waals surface area (Å²) in [5, 5.41) is 9.53. The van der Waals surface area contributed by atoms with Gasteiger partial charge in [0.15, 0.2) is 0 Å². The Morgan fingerprint density at radius 1 is 0.700 bits per heavy atom. The minimum Gasteiger partial charge on any atom is -0.322 e. The lowest BCUT2D eigenvalue weighted by molar-refractivity contribution is 0.101. The number of anilines is 2. The number of benzene rings is 2. The molecule has 0 aliphatic carbocycles. The van der Waals surface area contributed by atoms with Crippen LogP contribution >= 0.6 is 22.7 Å². The van der Waals surface area contributed by atoms with E-state index < -0.39 is 0 Å². The summed E-state index contributed by atoms with van der Waals surface area (Å²) in [7, 11) is 0. The minimum atomic E-state index is -0.259. The van der Waals surface area contributed by atoms with Gasteiger partial charge in [-0.1, -0.05) is 36.1 Å². The van der Waals surface area contributed by atoms with Gasteiger partial charge in [-0.2, -0.15) is 0 Å². The van der Waals surface area contributed by atoms with Crippen LogP contribution in [0.2, 0.25) is 0 Å². The summed E-state index contributed by atoms with van der Waals surface area (Å²) in [6, 6.07) is 21.8. The fraction of sp³-hybridized carbons (Fsp3) is 0. The number of nitrogens with one attached hydrogen (secondary N) is 2. The molecule has 2 aromatic heterocycles. The van der Waals surface area contributed by atoms with Gasteiger partial charge in [0.25, 0.3) is 11.8 Å². The average molecular weight is 429 g/mol. The van der Waals surface area contributed by atoms with Crippen LogP contribution in [-0.2, 0) is 0 Å². The molecule has 0 saturated carbocycles. The van der Waals surface area contributed by atoms with E-state index in [0.29, 0.717) is 21.8 Å². The highest BCUT2D eigenvalue weighted by atomic mass is 32.1. The van der Waals surface area contributed by atoms with Gasteiger partial charge in [-0.3, -0.25) is 9.59 Å². The van der Waals surface area contributed by atoms with Crippen LogP contribution in [0.15, 0.2) is 83.6 Å². The Morgan fingerprint density at radius 2 is 1.43 bits per heavy atom. The van der Waals surface area contributed by atoms with Crippen LogP contribution in [0, 0.1) is 11.8 Å². The number of thiophene rings is 2. The average Bonchev–Trinajstić information content (AvgIpc) is 3.47. The van der Waals surface area contributed by atoms with Crippen molar-refractivity contribution in [3.05, 3.63) is 104 Å². The van der Waals surface area contributed by atoms with Gasteiger partial charge < -0.3 is 10.6 Å². The first-order valence-electron chi connectivity index (χ1n) is 9.09. The first kappa shape index (κ1) is 19.6. The molecule has 0 unspecified atom stereocenters. The molecule has 4 rings (SSSR count). The zero-order valence-electron chi connectivity index (χ0n) is 15.7. The Bertz CT molecular complexity index is 1230. The molecule has 4 aromatic rings. The Kier molecular flexibility index (Phi) is 6.04. The summed E-state index contributed by atoms with van der Waals surface area (Å²) in [6.45, 7) is 0. The maximum atomic E-state index is 12.7. The van der Waals surface area contributed by atoms with Crippen molar-refractivity contribution in [2.45, 2.75) is 0 Å². The van der Waals surface area contributed by atoms with E-state index in [-0.39, 0.29) is 11.8 Å². The van der Waals surface area contributed by atoms with Gasteiger partial charge in [-0.05, 0) is 59.3 Å². The lowest BCUT2D eigenvalue weighted by atomic mass is 10.1. The summed E-state index contributed by atoms with van der Waals surface area (Å²) in [6.07, 6.45) is 0. The van der Waals surface area contributed by atoms with Gasteiger partial charge >= 0.3 is 0 Å². The molecule has 0 saturated heterocycles. The quantitative estimate of drug-likeness (QED) is 0.409. The highest BCUT2D eigenvalue weighted by molar-refractivity contribution is 7.12. The van der Waals surface area contributed by atoms with Gasteiger partial charge in [0, 0.05) is 22.5 Å². The number of hydrogen-bond acceptors (Lipinski definition) is 4. The lowest BCUT2D eigenvalue weighted by Gasteiger charge is -2.08. The number of hydrogen-bond donors (Lipinski definition) is 2. The van der Waals surface area contributed by atoms with Crippen LogP contribution in [0.3, 0.4) is 0 Å². The van der Waals surface area contributed by atoms with E-state index >= 15 is 0 Å². The largest absolute Gasteiger partial charge is 0.322 e. The van der Waals surface area contributed by atoms with E-state index in [9.17, 15) is 9.59 Å². The van der Waals surface area contributed by atoms with Gasteiger partial charge in [-0.15, -0.1) is 22.7 Å². The number of carbonyl (C=O) groups is 2. The Morgan fingerprint density at radius 3 is 2.20 bits per heavy atom. The van der Waals surface area contributed by atoms with Crippen molar-refractivity contribution in [2.24, 2.45) is 0 Å². The molecule has 4 nitrogen and oxygen atoms in total. The molecule has 0 spiro atoms.